The fraction of sp³-hybridized carbons (Fsp3) is 0.778. The summed E-state index contributed by atoms with van der Waals surface area (Å²) in [5, 5.41) is 10.8. The summed E-state index contributed by atoms with van der Waals surface area (Å²) in [6.45, 7) is 2.26. The molecule has 0 saturated carbocycles. The van der Waals surface area contributed by atoms with Crippen LogP contribution in [-0.4, -0.2) is 5.11 Å². The molecule has 0 saturated heterocycles. The Kier molecular flexibility index (Phi) is 6.15. The number of hydrogen-bond acceptors (Lipinski definition) is 2. The monoisotopic (exact) mass is 278 g/mol. The van der Waals surface area contributed by atoms with E-state index in [0.717, 1.165) is 43.4 Å². The maximum atomic E-state index is 10.8. The average Bonchev–Trinajstić information content (AvgIpc) is 2.92. The Bertz CT molecular complexity index is 383. The summed E-state index contributed by atoms with van der Waals surface area (Å²) in [4.78, 5) is 0. The highest BCUT2D eigenvalue weighted by molar-refractivity contribution is 5.27. The van der Waals surface area contributed by atoms with Crippen LogP contribution in [0.4, 0.5) is 0 Å². The molecule has 1 aromatic rings. The van der Waals surface area contributed by atoms with Crippen molar-refractivity contribution in [3.05, 3.63) is 23.7 Å². The number of aliphatic hydroxyl groups is 1. The van der Waals surface area contributed by atoms with Gasteiger partial charge in [-0.05, 0) is 25.3 Å². The summed E-state index contributed by atoms with van der Waals surface area (Å²) >= 11 is 0. The highest BCUT2D eigenvalue weighted by atomic mass is 16.3. The zero-order valence-corrected chi connectivity index (χ0v) is 13.0. The Labute approximate surface area is 123 Å². The van der Waals surface area contributed by atoms with E-state index < -0.39 is 5.60 Å². The van der Waals surface area contributed by atoms with Crippen LogP contribution in [0.3, 0.4) is 0 Å². The standard InChI is InChI=1S/C18H30O2/c1-2-3-4-5-6-7-8-9-13-18(19)14-10-11-17-16(18)12-15-20-17/h12,15,19H,2-11,13-14H2,1H3. The number of hydrogen-bond donors (Lipinski definition) is 1. The normalized spacial score (nSPS) is 21.9. The van der Waals surface area contributed by atoms with Crippen LogP contribution in [0, 0.1) is 0 Å². The number of unbranched alkanes of at least 4 members (excludes halogenated alkanes) is 7. The molecule has 0 fully saturated rings. The van der Waals surface area contributed by atoms with Gasteiger partial charge in [-0.15, -0.1) is 0 Å². The van der Waals surface area contributed by atoms with Gasteiger partial charge in [0.2, 0.25) is 0 Å². The third-order valence-electron chi connectivity index (χ3n) is 4.68. The van der Waals surface area contributed by atoms with E-state index in [4.69, 9.17) is 4.42 Å². The van der Waals surface area contributed by atoms with Crippen LogP contribution < -0.4 is 0 Å². The maximum Gasteiger partial charge on any atom is 0.109 e. The van der Waals surface area contributed by atoms with E-state index in [2.05, 4.69) is 6.92 Å². The third-order valence-corrected chi connectivity index (χ3v) is 4.68. The first-order valence-electron chi connectivity index (χ1n) is 8.55. The van der Waals surface area contributed by atoms with Crippen LogP contribution in [0.5, 0.6) is 0 Å². The van der Waals surface area contributed by atoms with Crippen molar-refractivity contribution in [2.45, 2.75) is 89.6 Å². The molecule has 1 aromatic heterocycles. The van der Waals surface area contributed by atoms with Crippen LogP contribution in [0.2, 0.25) is 0 Å². The molecule has 0 aliphatic heterocycles. The van der Waals surface area contributed by atoms with Gasteiger partial charge >= 0.3 is 0 Å². The zero-order valence-electron chi connectivity index (χ0n) is 13.0. The van der Waals surface area contributed by atoms with Crippen molar-refractivity contribution >= 4 is 0 Å². The van der Waals surface area contributed by atoms with Crippen molar-refractivity contribution in [2.75, 3.05) is 0 Å². The fourth-order valence-electron chi connectivity index (χ4n) is 3.44. The molecule has 1 heterocycles. The second-order valence-electron chi connectivity index (χ2n) is 6.37. The summed E-state index contributed by atoms with van der Waals surface area (Å²) in [6.07, 6.45) is 16.1. The van der Waals surface area contributed by atoms with E-state index in [1.54, 1.807) is 6.26 Å². The largest absolute Gasteiger partial charge is 0.469 e. The molecule has 2 heteroatoms. The van der Waals surface area contributed by atoms with Gasteiger partial charge in [-0.2, -0.15) is 0 Å². The molecule has 1 N–H and O–H groups in total. The van der Waals surface area contributed by atoms with E-state index in [0.29, 0.717) is 0 Å². The molecule has 114 valence electrons. The van der Waals surface area contributed by atoms with Gasteiger partial charge in [0.25, 0.3) is 0 Å². The summed E-state index contributed by atoms with van der Waals surface area (Å²) in [6, 6.07) is 1.97. The van der Waals surface area contributed by atoms with Gasteiger partial charge in [-0.1, -0.05) is 58.3 Å². The van der Waals surface area contributed by atoms with Crippen molar-refractivity contribution in [1.29, 1.82) is 0 Å². The topological polar surface area (TPSA) is 33.4 Å². The van der Waals surface area contributed by atoms with Gasteiger partial charge in [0.05, 0.1) is 11.9 Å². The van der Waals surface area contributed by atoms with E-state index in [1.165, 1.54) is 44.9 Å². The minimum Gasteiger partial charge on any atom is -0.469 e. The first kappa shape index (κ1) is 15.6. The molecular weight excluding hydrogens is 248 g/mol. The van der Waals surface area contributed by atoms with E-state index in [1.807, 2.05) is 6.07 Å². The van der Waals surface area contributed by atoms with Crippen LogP contribution in [0.1, 0.15) is 88.9 Å². The first-order valence-corrected chi connectivity index (χ1v) is 8.55. The Morgan fingerprint density at radius 3 is 2.55 bits per heavy atom. The number of furan rings is 1. The lowest BCUT2D eigenvalue weighted by Crippen LogP contribution is -2.29. The third kappa shape index (κ3) is 4.12. The van der Waals surface area contributed by atoms with Gasteiger partial charge in [-0.3, -0.25) is 0 Å². The molecule has 1 aliphatic carbocycles. The molecule has 2 rings (SSSR count). The Morgan fingerprint density at radius 2 is 1.80 bits per heavy atom. The maximum absolute atomic E-state index is 10.8. The van der Waals surface area contributed by atoms with Crippen LogP contribution in [-0.2, 0) is 12.0 Å². The molecule has 2 nitrogen and oxygen atoms in total. The molecule has 20 heavy (non-hydrogen) atoms. The van der Waals surface area contributed by atoms with Gasteiger partial charge in [0.1, 0.15) is 5.76 Å². The lowest BCUT2D eigenvalue weighted by molar-refractivity contribution is 0.00552. The Hall–Kier alpha value is -0.760. The van der Waals surface area contributed by atoms with Crippen LogP contribution >= 0.6 is 0 Å². The minimum absolute atomic E-state index is 0.608. The number of rotatable bonds is 9. The molecule has 1 aliphatic rings. The lowest BCUT2D eigenvalue weighted by Gasteiger charge is -2.31. The molecule has 0 radical (unpaired) electrons. The fourth-order valence-corrected chi connectivity index (χ4v) is 3.44. The van der Waals surface area contributed by atoms with Crippen molar-refractivity contribution in [2.24, 2.45) is 0 Å². The van der Waals surface area contributed by atoms with Gasteiger partial charge in [0, 0.05) is 12.0 Å². The molecule has 0 aromatic carbocycles. The summed E-state index contributed by atoms with van der Waals surface area (Å²) in [5.74, 6) is 1.01. The second-order valence-corrected chi connectivity index (χ2v) is 6.37. The minimum atomic E-state index is -0.608. The van der Waals surface area contributed by atoms with Gasteiger partial charge < -0.3 is 9.52 Å². The zero-order chi connectivity index (χ0) is 14.3. The summed E-state index contributed by atoms with van der Waals surface area (Å²) < 4.78 is 5.47. The quantitative estimate of drug-likeness (QED) is 0.619. The molecular formula is C18H30O2. The molecule has 0 amide bonds. The summed E-state index contributed by atoms with van der Waals surface area (Å²) in [7, 11) is 0. The number of fused-ring (bicyclic) bond motifs is 1. The molecule has 1 unspecified atom stereocenters. The predicted molar refractivity (Wildman–Crippen MR) is 82.8 cm³/mol. The Morgan fingerprint density at radius 1 is 1.10 bits per heavy atom. The van der Waals surface area contributed by atoms with Crippen molar-refractivity contribution < 1.29 is 9.52 Å². The Balaban J connectivity index is 1.65. The SMILES string of the molecule is CCCCCCCCCCC1(O)CCCc2occc21. The molecule has 1 atom stereocenters. The van der Waals surface area contributed by atoms with Crippen LogP contribution in [0.25, 0.3) is 0 Å². The second kappa shape index (κ2) is 7.87. The average molecular weight is 278 g/mol. The van der Waals surface area contributed by atoms with Crippen molar-refractivity contribution in [3.8, 4) is 0 Å². The predicted octanol–water partition coefficient (Wildman–Crippen LogP) is 5.33. The van der Waals surface area contributed by atoms with Gasteiger partial charge in [0.15, 0.2) is 0 Å². The lowest BCUT2D eigenvalue weighted by atomic mass is 9.79. The van der Waals surface area contributed by atoms with Crippen molar-refractivity contribution in [3.63, 3.8) is 0 Å². The van der Waals surface area contributed by atoms with E-state index in [9.17, 15) is 5.11 Å². The first-order chi connectivity index (χ1) is 9.76. The number of aryl methyl sites for hydroxylation is 1. The highest BCUT2D eigenvalue weighted by Crippen LogP contribution is 2.39. The van der Waals surface area contributed by atoms with Crippen molar-refractivity contribution in [1.82, 2.24) is 0 Å². The smallest absolute Gasteiger partial charge is 0.109 e. The summed E-state index contributed by atoms with van der Waals surface area (Å²) in [5.41, 5.74) is 0.453. The van der Waals surface area contributed by atoms with E-state index in [-0.39, 0.29) is 0 Å². The highest BCUT2D eigenvalue weighted by Gasteiger charge is 2.35. The van der Waals surface area contributed by atoms with Crippen LogP contribution in [0.15, 0.2) is 16.7 Å². The molecule has 0 bridgehead atoms. The molecule has 0 spiro atoms. The van der Waals surface area contributed by atoms with E-state index >= 15 is 0 Å². The van der Waals surface area contributed by atoms with Gasteiger partial charge in [-0.25, -0.2) is 0 Å².